The van der Waals surface area contributed by atoms with E-state index in [1.165, 1.54) is 16.3 Å². The van der Waals surface area contributed by atoms with Gasteiger partial charge >= 0.3 is 5.69 Å². The first-order valence-electron chi connectivity index (χ1n) is 5.42. The zero-order valence-electron chi connectivity index (χ0n) is 10.4. The van der Waals surface area contributed by atoms with E-state index in [1.807, 2.05) is 19.9 Å². The van der Waals surface area contributed by atoms with Crippen molar-refractivity contribution in [2.75, 3.05) is 5.75 Å². The Morgan fingerprint density at radius 2 is 2.22 bits per heavy atom. The van der Waals surface area contributed by atoms with Gasteiger partial charge in [0, 0.05) is 24.0 Å². The van der Waals surface area contributed by atoms with Gasteiger partial charge in [-0.1, -0.05) is 11.8 Å². The highest BCUT2D eigenvalue weighted by Gasteiger charge is 2.13. The third-order valence-electron chi connectivity index (χ3n) is 2.62. The van der Waals surface area contributed by atoms with E-state index < -0.39 is 0 Å². The summed E-state index contributed by atoms with van der Waals surface area (Å²) in [7, 11) is 1.62. The van der Waals surface area contributed by atoms with Gasteiger partial charge in [0.2, 0.25) is 0 Å². The number of nitrogens with one attached hydrogen (secondary N) is 2. The van der Waals surface area contributed by atoms with Crippen LogP contribution in [0, 0.1) is 13.8 Å². The lowest BCUT2D eigenvalue weighted by atomic mass is 10.2. The maximum atomic E-state index is 12.0. The molecule has 96 valence electrons. The van der Waals surface area contributed by atoms with E-state index in [4.69, 9.17) is 0 Å². The van der Waals surface area contributed by atoms with Crippen LogP contribution in [0.25, 0.3) is 0 Å². The second-order valence-corrected chi connectivity index (χ2v) is 5.02. The first kappa shape index (κ1) is 12.7. The molecule has 0 amide bonds. The van der Waals surface area contributed by atoms with Crippen LogP contribution in [0.1, 0.15) is 21.7 Å². The largest absolute Gasteiger partial charge is 0.362 e. The number of H-pyrrole nitrogens is 2. The summed E-state index contributed by atoms with van der Waals surface area (Å²) >= 11 is 1.25. The number of rotatable bonds is 4. The Morgan fingerprint density at radius 3 is 2.72 bits per heavy atom. The van der Waals surface area contributed by atoms with Gasteiger partial charge in [-0.15, -0.1) is 5.10 Å². The molecule has 7 heteroatoms. The molecule has 0 bridgehead atoms. The molecule has 0 aliphatic carbocycles. The van der Waals surface area contributed by atoms with Gasteiger partial charge in [0.15, 0.2) is 10.9 Å². The van der Waals surface area contributed by atoms with E-state index in [1.54, 1.807) is 7.05 Å². The van der Waals surface area contributed by atoms with Crippen molar-refractivity contribution >= 4 is 17.5 Å². The monoisotopic (exact) mass is 266 g/mol. The SMILES string of the molecule is Cc1cc(C(=O)CSc2n[nH]c(=O)n2C)c(C)[nH]1. The third-order valence-corrected chi connectivity index (χ3v) is 3.65. The molecule has 0 atom stereocenters. The molecule has 2 aromatic rings. The van der Waals surface area contributed by atoms with Crippen molar-refractivity contribution in [1.82, 2.24) is 19.7 Å². The third kappa shape index (κ3) is 2.40. The van der Waals surface area contributed by atoms with Crippen LogP contribution in [0.3, 0.4) is 0 Å². The number of aromatic amines is 2. The van der Waals surface area contributed by atoms with E-state index in [0.29, 0.717) is 10.7 Å². The summed E-state index contributed by atoms with van der Waals surface area (Å²) in [5, 5.41) is 6.68. The highest BCUT2D eigenvalue weighted by Crippen LogP contribution is 2.17. The van der Waals surface area contributed by atoms with Crippen LogP contribution in [0.5, 0.6) is 0 Å². The zero-order valence-corrected chi connectivity index (χ0v) is 11.2. The number of ketones is 1. The molecule has 0 aliphatic rings. The maximum Gasteiger partial charge on any atom is 0.343 e. The van der Waals surface area contributed by atoms with Crippen LogP contribution < -0.4 is 5.69 Å². The molecule has 0 fully saturated rings. The number of Topliss-reactive ketones (excluding diaryl/α,β-unsaturated/α-hetero) is 1. The van der Waals surface area contributed by atoms with Crippen molar-refractivity contribution in [2.24, 2.45) is 7.05 Å². The molecule has 6 nitrogen and oxygen atoms in total. The van der Waals surface area contributed by atoms with Gasteiger partial charge in [0.1, 0.15) is 0 Å². The van der Waals surface area contributed by atoms with E-state index in [0.717, 1.165) is 11.4 Å². The summed E-state index contributed by atoms with van der Waals surface area (Å²) in [6.45, 7) is 3.78. The van der Waals surface area contributed by atoms with Crippen LogP contribution in [0.2, 0.25) is 0 Å². The first-order valence-corrected chi connectivity index (χ1v) is 6.41. The molecule has 18 heavy (non-hydrogen) atoms. The highest BCUT2D eigenvalue weighted by molar-refractivity contribution is 7.99. The van der Waals surface area contributed by atoms with Crippen molar-refractivity contribution in [2.45, 2.75) is 19.0 Å². The standard InChI is InChI=1S/C11H14N4O2S/c1-6-4-8(7(2)12-6)9(16)5-18-11-14-13-10(17)15(11)3/h4,12H,5H2,1-3H3,(H,13,17). The molecule has 0 saturated heterocycles. The number of carbonyl (C=O) groups excluding carboxylic acids is 1. The minimum atomic E-state index is -0.279. The molecule has 0 spiro atoms. The average molecular weight is 266 g/mol. The summed E-state index contributed by atoms with van der Waals surface area (Å²) in [5.41, 5.74) is 2.25. The fourth-order valence-corrected chi connectivity index (χ4v) is 2.49. The fraction of sp³-hybridized carbons (Fsp3) is 0.364. The smallest absolute Gasteiger partial charge is 0.343 e. The minimum absolute atomic E-state index is 0.0253. The number of aryl methyl sites for hydroxylation is 2. The number of thioether (sulfide) groups is 1. The summed E-state index contributed by atoms with van der Waals surface area (Å²) in [5.74, 6) is 0.285. The highest BCUT2D eigenvalue weighted by atomic mass is 32.2. The minimum Gasteiger partial charge on any atom is -0.362 e. The van der Waals surface area contributed by atoms with Gasteiger partial charge in [0.05, 0.1) is 5.75 Å². The Balaban J connectivity index is 2.07. The Kier molecular flexibility index (Phi) is 3.42. The maximum absolute atomic E-state index is 12.0. The molecule has 2 rings (SSSR count). The fourth-order valence-electron chi connectivity index (χ4n) is 1.68. The van der Waals surface area contributed by atoms with Crippen LogP contribution in [0.15, 0.2) is 16.0 Å². The van der Waals surface area contributed by atoms with Gasteiger partial charge in [0.25, 0.3) is 0 Å². The van der Waals surface area contributed by atoms with Crippen molar-refractivity contribution < 1.29 is 4.79 Å². The molecule has 2 heterocycles. The summed E-state index contributed by atoms with van der Waals surface area (Å²) in [4.78, 5) is 26.3. The normalized spacial score (nSPS) is 10.8. The van der Waals surface area contributed by atoms with Crippen molar-refractivity contribution in [3.05, 3.63) is 33.5 Å². The van der Waals surface area contributed by atoms with Gasteiger partial charge in [-0.25, -0.2) is 9.89 Å². The van der Waals surface area contributed by atoms with Crippen molar-refractivity contribution in [3.63, 3.8) is 0 Å². The topological polar surface area (TPSA) is 83.5 Å². The Bertz CT molecular complexity index is 638. The van der Waals surface area contributed by atoms with Gasteiger partial charge in [-0.2, -0.15) is 0 Å². The lowest BCUT2D eigenvalue weighted by Crippen LogP contribution is -2.13. The van der Waals surface area contributed by atoms with Crippen molar-refractivity contribution in [3.8, 4) is 0 Å². The first-order chi connectivity index (χ1) is 8.49. The number of nitrogens with zero attached hydrogens (tertiary/aromatic N) is 2. The molecule has 0 unspecified atom stereocenters. The Hall–Kier alpha value is -1.76. The summed E-state index contributed by atoms with van der Waals surface area (Å²) in [6, 6.07) is 1.84. The number of aromatic nitrogens is 4. The van der Waals surface area contributed by atoms with Gasteiger partial charge in [-0.05, 0) is 19.9 Å². The summed E-state index contributed by atoms with van der Waals surface area (Å²) in [6.07, 6.45) is 0. The molecular weight excluding hydrogens is 252 g/mol. The van der Waals surface area contributed by atoms with Crippen LogP contribution >= 0.6 is 11.8 Å². The predicted octanol–water partition coefficient (Wildman–Crippen LogP) is 1.03. The lowest BCUT2D eigenvalue weighted by Gasteiger charge is -1.99. The van der Waals surface area contributed by atoms with E-state index >= 15 is 0 Å². The molecule has 0 aromatic carbocycles. The average Bonchev–Trinajstić information content (AvgIpc) is 2.81. The molecule has 2 aromatic heterocycles. The number of carbonyl (C=O) groups is 1. The number of hydrogen-bond acceptors (Lipinski definition) is 4. The van der Waals surface area contributed by atoms with Crippen molar-refractivity contribution in [1.29, 1.82) is 0 Å². The molecule has 0 saturated carbocycles. The Labute approximate surface area is 108 Å². The second kappa shape index (κ2) is 4.85. The molecule has 0 radical (unpaired) electrons. The van der Waals surface area contributed by atoms with Gasteiger partial charge in [-0.3, -0.25) is 9.36 Å². The molecule has 2 N–H and O–H groups in total. The molecular formula is C11H14N4O2S. The van der Waals surface area contributed by atoms with Crippen LogP contribution in [-0.2, 0) is 7.05 Å². The van der Waals surface area contributed by atoms with E-state index in [-0.39, 0.29) is 17.2 Å². The summed E-state index contributed by atoms with van der Waals surface area (Å²) < 4.78 is 1.38. The zero-order chi connectivity index (χ0) is 13.3. The van der Waals surface area contributed by atoms with Crippen LogP contribution in [-0.4, -0.2) is 31.3 Å². The predicted molar refractivity (Wildman–Crippen MR) is 69.1 cm³/mol. The second-order valence-electron chi connectivity index (χ2n) is 4.07. The number of hydrogen-bond donors (Lipinski definition) is 2. The van der Waals surface area contributed by atoms with Gasteiger partial charge < -0.3 is 4.98 Å². The van der Waals surface area contributed by atoms with E-state index in [9.17, 15) is 9.59 Å². The molecule has 0 aliphatic heterocycles. The van der Waals surface area contributed by atoms with E-state index in [2.05, 4.69) is 15.2 Å². The Morgan fingerprint density at radius 1 is 1.50 bits per heavy atom. The quantitative estimate of drug-likeness (QED) is 0.639. The lowest BCUT2D eigenvalue weighted by molar-refractivity contribution is 0.102. The van der Waals surface area contributed by atoms with Crippen LogP contribution in [0.4, 0.5) is 0 Å².